The second kappa shape index (κ2) is 11.9. The van der Waals surface area contributed by atoms with Crippen LogP contribution < -0.4 is 14.9 Å². The molecule has 11 nitrogen and oxygen atoms in total. The summed E-state index contributed by atoms with van der Waals surface area (Å²) < 4.78 is 11.8. The number of nitrogens with zero attached hydrogens (tertiary/aromatic N) is 4. The molecule has 0 aliphatic carbocycles. The van der Waals surface area contributed by atoms with Crippen LogP contribution in [0.25, 0.3) is 0 Å². The Balaban J connectivity index is 1.86. The molecule has 1 aromatic heterocycles. The Morgan fingerprint density at radius 2 is 1.94 bits per heavy atom. The lowest BCUT2D eigenvalue weighted by atomic mass is 10.1. The number of non-ortho nitro benzene ring substituents is 1. The quantitative estimate of drug-likeness (QED) is 0.165. The first kappa shape index (κ1) is 24.8. The minimum absolute atomic E-state index is 0.0157. The summed E-state index contributed by atoms with van der Waals surface area (Å²) in [7, 11) is 0. The maximum atomic E-state index is 11.1. The van der Waals surface area contributed by atoms with Gasteiger partial charge in [0.1, 0.15) is 6.61 Å². The lowest BCUT2D eigenvalue weighted by Crippen LogP contribution is -2.04. The van der Waals surface area contributed by atoms with E-state index in [-0.39, 0.29) is 23.8 Å². The number of ether oxygens (including phenoxy) is 2. The minimum atomic E-state index is -0.548. The van der Waals surface area contributed by atoms with Crippen molar-refractivity contribution >= 4 is 23.4 Å². The molecular weight excluding hydrogens is 454 g/mol. The summed E-state index contributed by atoms with van der Waals surface area (Å²) in [5.41, 5.74) is 4.43. The highest BCUT2D eigenvalue weighted by Crippen LogP contribution is 2.34. The van der Waals surface area contributed by atoms with Gasteiger partial charge < -0.3 is 9.47 Å². The predicted molar refractivity (Wildman–Crippen MR) is 131 cm³/mol. The maximum absolute atomic E-state index is 11.1. The first-order valence-electron chi connectivity index (χ1n) is 10.6. The van der Waals surface area contributed by atoms with Gasteiger partial charge in [-0.25, -0.2) is 4.98 Å². The number of nitro groups is 2. The third kappa shape index (κ3) is 6.60. The fourth-order valence-electron chi connectivity index (χ4n) is 3.21. The molecule has 3 rings (SSSR count). The van der Waals surface area contributed by atoms with Gasteiger partial charge in [0.2, 0.25) is 5.82 Å². The number of hydrogen-bond donors (Lipinski definition) is 1. The molecule has 180 valence electrons. The summed E-state index contributed by atoms with van der Waals surface area (Å²) >= 11 is 0. The van der Waals surface area contributed by atoms with Gasteiger partial charge in [-0.2, -0.15) is 5.10 Å². The van der Waals surface area contributed by atoms with Crippen LogP contribution in [0.5, 0.6) is 11.5 Å². The molecule has 0 aliphatic heterocycles. The lowest BCUT2D eigenvalue weighted by molar-refractivity contribution is -0.385. The molecule has 1 N–H and O–H groups in total. The smallest absolute Gasteiger partial charge is 0.313 e. The van der Waals surface area contributed by atoms with Crippen LogP contribution in [0.3, 0.4) is 0 Å². The highest BCUT2D eigenvalue weighted by molar-refractivity contribution is 5.82. The van der Waals surface area contributed by atoms with Crippen molar-refractivity contribution in [1.82, 2.24) is 4.98 Å². The largest absolute Gasteiger partial charge is 0.490 e. The number of nitro benzene ring substituents is 1. The number of anilines is 1. The Morgan fingerprint density at radius 3 is 2.66 bits per heavy atom. The van der Waals surface area contributed by atoms with Gasteiger partial charge in [-0.15, -0.1) is 6.58 Å². The van der Waals surface area contributed by atoms with E-state index >= 15 is 0 Å². The zero-order valence-electron chi connectivity index (χ0n) is 18.9. The fourth-order valence-corrected chi connectivity index (χ4v) is 3.21. The van der Waals surface area contributed by atoms with Crippen molar-refractivity contribution in [2.45, 2.75) is 20.0 Å². The van der Waals surface area contributed by atoms with E-state index in [0.29, 0.717) is 35.7 Å². The van der Waals surface area contributed by atoms with Crippen LogP contribution in [-0.4, -0.2) is 27.7 Å². The van der Waals surface area contributed by atoms with E-state index < -0.39 is 9.85 Å². The molecule has 0 radical (unpaired) electrons. The molecule has 0 aliphatic rings. The molecule has 2 aromatic carbocycles. The molecule has 0 bridgehead atoms. The van der Waals surface area contributed by atoms with Gasteiger partial charge >= 0.3 is 5.69 Å². The lowest BCUT2D eigenvalue weighted by Gasteiger charge is -2.16. The number of aromatic nitrogens is 1. The number of hydrazone groups is 1. The van der Waals surface area contributed by atoms with Crippen LogP contribution >= 0.6 is 0 Å². The van der Waals surface area contributed by atoms with Gasteiger partial charge in [0.15, 0.2) is 11.5 Å². The highest BCUT2D eigenvalue weighted by atomic mass is 16.6. The molecule has 0 amide bonds. The van der Waals surface area contributed by atoms with Crippen LogP contribution in [0.2, 0.25) is 0 Å². The first-order valence-corrected chi connectivity index (χ1v) is 10.6. The Labute approximate surface area is 201 Å². The highest BCUT2D eigenvalue weighted by Gasteiger charge is 2.15. The monoisotopic (exact) mass is 477 g/mol. The number of pyridine rings is 1. The SMILES string of the molecule is C=CCc1cc(/C=N\Nc2ncccc2[N+](=O)[O-])cc(OCC)c1OCc1cccc([N+](=O)[O-])c1. The number of nitrogens with one attached hydrogen (secondary N) is 1. The normalized spacial score (nSPS) is 10.7. The molecule has 0 atom stereocenters. The molecule has 0 spiro atoms. The van der Waals surface area contributed by atoms with E-state index in [1.807, 2.05) is 13.0 Å². The molecule has 11 heteroatoms. The number of allylic oxidation sites excluding steroid dienone is 1. The van der Waals surface area contributed by atoms with Gasteiger partial charge in [-0.1, -0.05) is 18.2 Å². The molecule has 0 unspecified atom stereocenters. The van der Waals surface area contributed by atoms with Gasteiger partial charge in [-0.05, 0) is 42.7 Å². The van der Waals surface area contributed by atoms with Crippen molar-refractivity contribution < 1.29 is 19.3 Å². The molecular formula is C24H23N5O6. The minimum Gasteiger partial charge on any atom is -0.490 e. The zero-order valence-corrected chi connectivity index (χ0v) is 18.9. The summed E-state index contributed by atoms with van der Waals surface area (Å²) in [6, 6.07) is 12.6. The van der Waals surface area contributed by atoms with Gasteiger partial charge in [-0.3, -0.25) is 25.7 Å². The molecule has 0 saturated carbocycles. The van der Waals surface area contributed by atoms with Crippen LogP contribution in [0, 0.1) is 20.2 Å². The topological polar surface area (TPSA) is 142 Å². The Kier molecular flexibility index (Phi) is 8.43. The van der Waals surface area contributed by atoms with Crippen LogP contribution in [0.1, 0.15) is 23.6 Å². The summed E-state index contributed by atoms with van der Waals surface area (Å²) in [4.78, 5) is 25.1. The zero-order chi connectivity index (χ0) is 25.2. The Bertz CT molecular complexity index is 1260. The summed E-state index contributed by atoms with van der Waals surface area (Å²) in [6.45, 7) is 6.10. The fraction of sp³-hybridized carbons (Fsp3) is 0.167. The van der Waals surface area contributed by atoms with Crippen molar-refractivity contribution in [2.24, 2.45) is 5.10 Å². The van der Waals surface area contributed by atoms with E-state index in [0.717, 1.165) is 5.56 Å². The Morgan fingerprint density at radius 1 is 1.11 bits per heavy atom. The summed E-state index contributed by atoms with van der Waals surface area (Å²) in [5.74, 6) is 0.966. The standard InChI is InChI=1S/C24H23N5O6/c1-3-7-19-12-18(15-26-27-24-21(29(32)33)10-6-11-25-24)14-22(34-4-2)23(19)35-16-17-8-5-9-20(13-17)28(30)31/h3,5-6,8-15H,1,4,7,16H2,2H3,(H,25,27)/b26-15-. The van der Waals surface area contributed by atoms with E-state index in [9.17, 15) is 20.2 Å². The van der Waals surface area contributed by atoms with Gasteiger partial charge in [0, 0.05) is 30.0 Å². The van der Waals surface area contributed by atoms with Crippen LogP contribution in [0.15, 0.2) is 72.5 Å². The first-order chi connectivity index (χ1) is 16.9. The summed E-state index contributed by atoms with van der Waals surface area (Å²) in [5, 5.41) is 26.3. The number of rotatable bonds is 12. The van der Waals surface area contributed by atoms with E-state index in [1.165, 1.54) is 36.7 Å². The van der Waals surface area contributed by atoms with Gasteiger partial charge in [0.25, 0.3) is 5.69 Å². The molecule has 3 aromatic rings. The third-order valence-electron chi connectivity index (χ3n) is 4.69. The predicted octanol–water partition coefficient (Wildman–Crippen LogP) is 5.05. The average Bonchev–Trinajstić information content (AvgIpc) is 2.84. The second-order valence-corrected chi connectivity index (χ2v) is 7.15. The molecule has 1 heterocycles. The van der Waals surface area contributed by atoms with Crippen molar-refractivity contribution in [1.29, 1.82) is 0 Å². The number of benzene rings is 2. The van der Waals surface area contributed by atoms with Crippen LogP contribution in [-0.2, 0) is 13.0 Å². The molecule has 0 saturated heterocycles. The third-order valence-corrected chi connectivity index (χ3v) is 4.69. The van der Waals surface area contributed by atoms with Crippen molar-refractivity contribution in [3.8, 4) is 11.5 Å². The average molecular weight is 477 g/mol. The summed E-state index contributed by atoms with van der Waals surface area (Å²) in [6.07, 6.45) is 5.08. The maximum Gasteiger partial charge on any atom is 0.313 e. The van der Waals surface area contributed by atoms with E-state index in [1.54, 1.807) is 24.3 Å². The Hall–Kier alpha value is -4.80. The van der Waals surface area contributed by atoms with Crippen molar-refractivity contribution in [2.75, 3.05) is 12.0 Å². The van der Waals surface area contributed by atoms with E-state index in [2.05, 4.69) is 22.1 Å². The van der Waals surface area contributed by atoms with Gasteiger partial charge in [0.05, 0.1) is 22.7 Å². The van der Waals surface area contributed by atoms with E-state index in [4.69, 9.17) is 9.47 Å². The van der Waals surface area contributed by atoms with Crippen LogP contribution in [0.4, 0.5) is 17.2 Å². The number of hydrogen-bond acceptors (Lipinski definition) is 9. The second-order valence-electron chi connectivity index (χ2n) is 7.15. The molecule has 0 fully saturated rings. The van der Waals surface area contributed by atoms with Crippen molar-refractivity contribution in [3.63, 3.8) is 0 Å². The van der Waals surface area contributed by atoms with Crippen molar-refractivity contribution in [3.05, 3.63) is 104 Å². The molecule has 35 heavy (non-hydrogen) atoms.